The molecule has 4 heterocycles. The Labute approximate surface area is 214 Å². The molecule has 1 saturated carbocycles. The van der Waals surface area contributed by atoms with Crippen LogP contribution in [0, 0.1) is 11.7 Å². The zero-order valence-electron chi connectivity index (χ0n) is 21.0. The number of aryl methyl sites for hydroxylation is 1. The SMILES string of the molecule is COc1ccc2c3c1O[C@H]1c4c(c5cc(F)cc6c5n4CC[C@H]6O)C[C@@]4(O)[C@H](C2)N(CC2CC2)CC[C@]314. The van der Waals surface area contributed by atoms with Gasteiger partial charge in [-0.3, -0.25) is 4.90 Å². The molecule has 7 heteroatoms. The van der Waals surface area contributed by atoms with Crippen LogP contribution >= 0.6 is 0 Å². The van der Waals surface area contributed by atoms with E-state index in [4.69, 9.17) is 9.47 Å². The molecular formula is C30H31FN2O4. The summed E-state index contributed by atoms with van der Waals surface area (Å²) in [5.74, 6) is 1.87. The minimum atomic E-state index is -1.04. The van der Waals surface area contributed by atoms with Crippen LogP contribution in [-0.4, -0.2) is 51.5 Å². The van der Waals surface area contributed by atoms with Gasteiger partial charge in [0.1, 0.15) is 5.82 Å². The molecular weight excluding hydrogens is 471 g/mol. The van der Waals surface area contributed by atoms with Crippen LogP contribution < -0.4 is 9.47 Å². The van der Waals surface area contributed by atoms with Crippen LogP contribution in [0.1, 0.15) is 65.8 Å². The van der Waals surface area contributed by atoms with Crippen molar-refractivity contribution >= 4 is 10.9 Å². The number of aromatic nitrogens is 1. The van der Waals surface area contributed by atoms with E-state index >= 15 is 0 Å². The van der Waals surface area contributed by atoms with Crippen LogP contribution in [0.4, 0.5) is 4.39 Å². The third kappa shape index (κ3) is 2.35. The van der Waals surface area contributed by atoms with Crippen molar-refractivity contribution < 1.29 is 24.1 Å². The van der Waals surface area contributed by atoms with Crippen molar-refractivity contribution in [2.75, 3.05) is 20.2 Å². The highest BCUT2D eigenvalue weighted by atomic mass is 19.1. The van der Waals surface area contributed by atoms with Crippen molar-refractivity contribution in [2.24, 2.45) is 5.92 Å². The fourth-order valence-corrected chi connectivity index (χ4v) is 9.02. The molecule has 2 fully saturated rings. The molecule has 5 atom stereocenters. The summed E-state index contributed by atoms with van der Waals surface area (Å²) in [5, 5.41) is 24.7. The molecule has 1 aromatic heterocycles. The fraction of sp³-hybridized carbons (Fsp3) is 0.533. The van der Waals surface area contributed by atoms with Gasteiger partial charge in [0, 0.05) is 42.1 Å². The fourth-order valence-electron chi connectivity index (χ4n) is 9.02. The summed E-state index contributed by atoms with van der Waals surface area (Å²) in [5.41, 5.74) is 4.36. The monoisotopic (exact) mass is 502 g/mol. The van der Waals surface area contributed by atoms with Crippen molar-refractivity contribution in [1.82, 2.24) is 9.47 Å². The van der Waals surface area contributed by atoms with E-state index in [9.17, 15) is 14.6 Å². The Morgan fingerprint density at radius 2 is 2.05 bits per heavy atom. The second kappa shape index (κ2) is 6.68. The summed E-state index contributed by atoms with van der Waals surface area (Å²) in [6.45, 7) is 2.62. The minimum absolute atomic E-state index is 0.0184. The van der Waals surface area contributed by atoms with Crippen molar-refractivity contribution in [2.45, 2.75) is 74.3 Å². The molecule has 0 radical (unpaired) electrons. The molecule has 0 amide bonds. The maximum Gasteiger partial charge on any atom is 0.166 e. The van der Waals surface area contributed by atoms with Gasteiger partial charge < -0.3 is 24.3 Å². The average Bonchev–Trinajstić information content (AvgIpc) is 3.55. The summed E-state index contributed by atoms with van der Waals surface area (Å²) in [4.78, 5) is 2.54. The lowest BCUT2D eigenvalue weighted by atomic mass is 9.49. The normalized spacial score (nSPS) is 34.8. The molecule has 3 aliphatic carbocycles. The van der Waals surface area contributed by atoms with Crippen LogP contribution in [0.3, 0.4) is 0 Å². The Hall–Kier alpha value is -2.61. The predicted octanol–water partition coefficient (Wildman–Crippen LogP) is 3.93. The van der Waals surface area contributed by atoms with Gasteiger partial charge in [-0.25, -0.2) is 4.39 Å². The van der Waals surface area contributed by atoms with Gasteiger partial charge in [-0.2, -0.15) is 0 Å². The van der Waals surface area contributed by atoms with E-state index in [0.29, 0.717) is 30.7 Å². The summed E-state index contributed by atoms with van der Waals surface area (Å²) in [6, 6.07) is 7.25. The van der Waals surface area contributed by atoms with Crippen molar-refractivity contribution in [1.29, 1.82) is 0 Å². The molecule has 1 spiro atoms. The lowest BCUT2D eigenvalue weighted by molar-refractivity contribution is -0.173. The largest absolute Gasteiger partial charge is 0.493 e. The van der Waals surface area contributed by atoms with Gasteiger partial charge in [-0.05, 0) is 73.9 Å². The second-order valence-electron chi connectivity index (χ2n) is 12.3. The van der Waals surface area contributed by atoms with Gasteiger partial charge in [0.15, 0.2) is 17.6 Å². The van der Waals surface area contributed by atoms with Gasteiger partial charge in [0.25, 0.3) is 0 Å². The number of aliphatic hydroxyl groups is 2. The van der Waals surface area contributed by atoms with Gasteiger partial charge in [-0.15, -0.1) is 0 Å². The summed E-state index contributed by atoms with van der Waals surface area (Å²) in [7, 11) is 1.68. The number of fused-ring (bicyclic) bond motifs is 4. The molecule has 3 aromatic rings. The van der Waals surface area contributed by atoms with Crippen LogP contribution in [0.15, 0.2) is 24.3 Å². The number of methoxy groups -OCH3 is 1. The van der Waals surface area contributed by atoms with Crippen LogP contribution in [0.5, 0.6) is 11.5 Å². The third-order valence-electron chi connectivity index (χ3n) is 10.7. The molecule has 2 aromatic carbocycles. The zero-order valence-corrected chi connectivity index (χ0v) is 21.0. The molecule has 0 unspecified atom stereocenters. The Bertz CT molecular complexity index is 1530. The van der Waals surface area contributed by atoms with Gasteiger partial charge in [0.2, 0.25) is 0 Å². The Balaban J connectivity index is 1.36. The molecule has 2 N–H and O–H groups in total. The van der Waals surface area contributed by atoms with Crippen molar-refractivity contribution in [3.63, 3.8) is 0 Å². The number of likely N-dealkylation sites (tertiary alicyclic amines) is 1. The molecule has 2 bridgehead atoms. The smallest absolute Gasteiger partial charge is 0.166 e. The Kier molecular flexibility index (Phi) is 3.85. The number of rotatable bonds is 3. The topological polar surface area (TPSA) is 67.1 Å². The number of hydrogen-bond donors (Lipinski definition) is 2. The lowest BCUT2D eigenvalue weighted by Crippen LogP contribution is -2.74. The van der Waals surface area contributed by atoms with Crippen LogP contribution in [0.2, 0.25) is 0 Å². The maximum absolute atomic E-state index is 14.9. The summed E-state index contributed by atoms with van der Waals surface area (Å²) < 4.78 is 29.9. The van der Waals surface area contributed by atoms with E-state index in [1.54, 1.807) is 13.2 Å². The number of hydrogen-bond acceptors (Lipinski definition) is 5. The second-order valence-corrected chi connectivity index (χ2v) is 12.3. The molecule has 37 heavy (non-hydrogen) atoms. The maximum atomic E-state index is 14.9. The summed E-state index contributed by atoms with van der Waals surface area (Å²) >= 11 is 0. The highest BCUT2D eigenvalue weighted by Gasteiger charge is 2.73. The van der Waals surface area contributed by atoms with E-state index in [-0.39, 0.29) is 18.0 Å². The molecule has 6 nitrogen and oxygen atoms in total. The summed E-state index contributed by atoms with van der Waals surface area (Å²) in [6.07, 6.45) is 4.08. The molecule has 3 aliphatic heterocycles. The number of benzene rings is 2. The van der Waals surface area contributed by atoms with E-state index in [0.717, 1.165) is 65.3 Å². The number of ether oxygens (including phenoxy) is 2. The minimum Gasteiger partial charge on any atom is -0.493 e. The number of aliphatic hydroxyl groups excluding tert-OH is 1. The first-order chi connectivity index (χ1) is 17.9. The van der Waals surface area contributed by atoms with Gasteiger partial charge in [0.05, 0.1) is 35.4 Å². The van der Waals surface area contributed by atoms with E-state index < -0.39 is 17.1 Å². The molecule has 1 saturated heterocycles. The number of nitrogens with zero attached hydrogens (tertiary/aromatic N) is 2. The highest BCUT2D eigenvalue weighted by molar-refractivity contribution is 5.90. The van der Waals surface area contributed by atoms with Crippen LogP contribution in [-0.2, 0) is 24.8 Å². The first kappa shape index (κ1) is 21.3. The molecule has 9 rings (SSSR count). The van der Waals surface area contributed by atoms with Crippen molar-refractivity contribution in [3.05, 3.63) is 58.0 Å². The van der Waals surface area contributed by atoms with Gasteiger partial charge >= 0.3 is 0 Å². The zero-order chi connectivity index (χ0) is 24.8. The first-order valence-corrected chi connectivity index (χ1v) is 13.8. The van der Waals surface area contributed by atoms with Crippen molar-refractivity contribution in [3.8, 4) is 11.5 Å². The lowest BCUT2D eigenvalue weighted by Gasteiger charge is -2.63. The van der Waals surface area contributed by atoms with E-state index in [2.05, 4.69) is 15.5 Å². The number of halogens is 1. The standard InChI is InChI=1S/C30H31FN2O4/c1-36-22-5-4-16-10-23-30(35)13-20-18-11-17(31)12-19-21(34)6-8-33(25(18)19)26(20)28-29(30,24(16)27(22)37-28)7-9-32(23)14-15-2-3-15/h4-5,11-12,15,21,23,28,34-35H,2-3,6-10,13-14H2,1H3/t21-,23+,28+,29+,30-/m1/s1. The number of piperidine rings is 1. The Morgan fingerprint density at radius 1 is 1.19 bits per heavy atom. The average molecular weight is 503 g/mol. The van der Waals surface area contributed by atoms with Crippen LogP contribution in [0.25, 0.3) is 10.9 Å². The van der Waals surface area contributed by atoms with E-state index in [1.807, 2.05) is 6.07 Å². The predicted molar refractivity (Wildman–Crippen MR) is 135 cm³/mol. The van der Waals surface area contributed by atoms with E-state index in [1.165, 1.54) is 24.5 Å². The van der Waals surface area contributed by atoms with Gasteiger partial charge in [-0.1, -0.05) is 6.07 Å². The first-order valence-electron chi connectivity index (χ1n) is 13.8. The highest BCUT2D eigenvalue weighted by Crippen LogP contribution is 2.69. The third-order valence-corrected chi connectivity index (χ3v) is 10.7. The molecule has 192 valence electrons. The molecule has 6 aliphatic rings. The quantitative estimate of drug-likeness (QED) is 0.568. The Morgan fingerprint density at radius 3 is 2.86 bits per heavy atom.